The molecule has 3 aromatic heterocycles. The highest BCUT2D eigenvalue weighted by Gasteiger charge is 2.35. The Balaban J connectivity index is 0.950. The Kier molecular flexibility index (Phi) is 15.0. The fourth-order valence-corrected chi connectivity index (χ4v) is 12.9. The molecule has 390 valence electrons. The van der Waals surface area contributed by atoms with E-state index in [2.05, 4.69) is 270 Å². The van der Waals surface area contributed by atoms with Crippen molar-refractivity contribution < 1.29 is 0 Å². The lowest BCUT2D eigenvalue weighted by Gasteiger charge is -2.38. The lowest BCUT2D eigenvalue weighted by Crippen LogP contribution is -2.55. The summed E-state index contributed by atoms with van der Waals surface area (Å²) in [5.74, 6) is 0.925. The number of benzene rings is 7. The van der Waals surface area contributed by atoms with Gasteiger partial charge in [0.25, 0.3) is 0 Å². The summed E-state index contributed by atoms with van der Waals surface area (Å²) >= 11 is 0. The van der Waals surface area contributed by atoms with Gasteiger partial charge in [-0.25, -0.2) is 0 Å². The third-order valence-electron chi connectivity index (χ3n) is 18.0. The molecule has 2 unspecified atom stereocenters. The highest BCUT2D eigenvalue weighted by molar-refractivity contribution is 6.68. The van der Waals surface area contributed by atoms with Crippen molar-refractivity contribution in [3.8, 4) is 78.3 Å². The minimum atomic E-state index is 0.0459. The van der Waals surface area contributed by atoms with Crippen LogP contribution in [0.15, 0.2) is 195 Å². The third kappa shape index (κ3) is 10.9. The summed E-state index contributed by atoms with van der Waals surface area (Å²) in [7, 11) is 11.3. The predicted octanol–water partition coefficient (Wildman–Crippen LogP) is 10.6. The predicted molar refractivity (Wildman–Crippen MR) is 356 cm³/mol. The zero-order chi connectivity index (χ0) is 56.0. The molecule has 1 saturated carbocycles. The van der Waals surface area contributed by atoms with Gasteiger partial charge in [-0.05, 0) is 157 Å². The van der Waals surface area contributed by atoms with Gasteiger partial charge < -0.3 is 0 Å². The zero-order valence-corrected chi connectivity index (χ0v) is 49.2. The first-order chi connectivity index (χ1) is 38.4. The summed E-state index contributed by atoms with van der Waals surface area (Å²) in [5.41, 5.74) is 31.6. The average molecular weight is 1030 g/mol. The standard InChI is InChI=1S/C72H72B5N3/c1-43-36-62(80-42-61(43)65-66(73)68(75)70(77)69(76)67(65)74)47-26-20-44(21-27-47)55-14-8-11-17-58(55)50-37-51(59-18-12-9-15-56(59)45-22-28-48(29-23-45)63-40-53(32-34-78-63)71(2,3)4)39-52(38-50)60-19-13-10-16-57(60)46-24-30-49(31-25-46)64-41-54(33-35-79-64)72(5,6)7/h8-36,40-42,50-52H,37-39,73-77H2,1-7H3. The number of pyridine rings is 3. The largest absolute Gasteiger partial charge is 0.256 e. The van der Waals surface area contributed by atoms with E-state index < -0.39 is 0 Å². The van der Waals surface area contributed by atoms with Crippen LogP contribution in [0.3, 0.4) is 0 Å². The molecule has 1 aliphatic rings. The highest BCUT2D eigenvalue weighted by Crippen LogP contribution is 2.52. The van der Waals surface area contributed by atoms with Crippen LogP contribution in [0.5, 0.6) is 0 Å². The molecule has 3 nitrogen and oxygen atoms in total. The molecule has 0 radical (unpaired) electrons. The molecular weight excluding hydrogens is 961 g/mol. The van der Waals surface area contributed by atoms with E-state index in [0.717, 1.165) is 53.0 Å². The first-order valence-corrected chi connectivity index (χ1v) is 29.0. The fourth-order valence-electron chi connectivity index (χ4n) is 12.9. The second-order valence-electron chi connectivity index (χ2n) is 25.0. The minimum absolute atomic E-state index is 0.0459. The molecule has 0 saturated heterocycles. The van der Waals surface area contributed by atoms with Crippen molar-refractivity contribution in [3.05, 3.63) is 228 Å². The highest BCUT2D eigenvalue weighted by atomic mass is 14.7. The van der Waals surface area contributed by atoms with Crippen LogP contribution < -0.4 is 27.3 Å². The Morgan fingerprint density at radius 3 is 1.00 bits per heavy atom. The van der Waals surface area contributed by atoms with Crippen LogP contribution in [0.1, 0.15) is 112 Å². The van der Waals surface area contributed by atoms with Gasteiger partial charge in [0.05, 0.1) is 17.1 Å². The Labute approximate surface area is 481 Å². The van der Waals surface area contributed by atoms with Crippen LogP contribution in [-0.2, 0) is 10.8 Å². The molecule has 1 fully saturated rings. The first-order valence-electron chi connectivity index (χ1n) is 29.0. The molecule has 0 bridgehead atoms. The summed E-state index contributed by atoms with van der Waals surface area (Å²) in [6, 6.07) is 66.2. The normalized spacial score (nSPS) is 15.7. The van der Waals surface area contributed by atoms with Crippen LogP contribution in [0.4, 0.5) is 0 Å². The van der Waals surface area contributed by atoms with Crippen molar-refractivity contribution in [3.63, 3.8) is 0 Å². The lowest BCUT2D eigenvalue weighted by atomic mass is 9.59. The molecule has 0 N–H and O–H groups in total. The summed E-state index contributed by atoms with van der Waals surface area (Å²) in [4.78, 5) is 14.8. The topological polar surface area (TPSA) is 38.7 Å². The Morgan fingerprint density at radius 2 is 0.662 bits per heavy atom. The van der Waals surface area contributed by atoms with Gasteiger partial charge in [-0.15, -0.1) is 16.4 Å². The quantitative estimate of drug-likeness (QED) is 0.128. The van der Waals surface area contributed by atoms with Crippen molar-refractivity contribution >= 4 is 66.5 Å². The molecule has 1 aliphatic carbocycles. The molecule has 3 heterocycles. The van der Waals surface area contributed by atoms with E-state index in [1.165, 1.54) is 105 Å². The van der Waals surface area contributed by atoms with Crippen LogP contribution in [0.25, 0.3) is 78.3 Å². The molecular formula is C72H72B5N3. The maximum atomic E-state index is 5.13. The summed E-state index contributed by atoms with van der Waals surface area (Å²) < 4.78 is 0. The lowest BCUT2D eigenvalue weighted by molar-refractivity contribution is 0.353. The number of nitrogens with zero attached hydrogens (tertiary/aromatic N) is 3. The van der Waals surface area contributed by atoms with E-state index in [-0.39, 0.29) is 10.8 Å². The number of hydrogen-bond acceptors (Lipinski definition) is 3. The molecule has 10 aromatic rings. The summed E-state index contributed by atoms with van der Waals surface area (Å²) in [6.45, 7) is 15.8. The van der Waals surface area contributed by atoms with Crippen LogP contribution in [0.2, 0.25) is 0 Å². The van der Waals surface area contributed by atoms with Gasteiger partial charge in [0, 0.05) is 40.8 Å². The number of hydrogen-bond donors (Lipinski definition) is 0. The molecule has 8 heteroatoms. The van der Waals surface area contributed by atoms with Crippen molar-refractivity contribution in [2.75, 3.05) is 0 Å². The van der Waals surface area contributed by atoms with Crippen LogP contribution >= 0.6 is 0 Å². The monoisotopic (exact) mass is 1030 g/mol. The second kappa shape index (κ2) is 22.1. The van der Waals surface area contributed by atoms with Gasteiger partial charge in [-0.2, -0.15) is 0 Å². The molecule has 0 amide bonds. The molecule has 0 spiro atoms. The van der Waals surface area contributed by atoms with Crippen LogP contribution in [0, 0.1) is 6.92 Å². The Bertz CT molecular complexity index is 3730. The molecule has 0 aliphatic heterocycles. The minimum Gasteiger partial charge on any atom is -0.256 e. The first kappa shape index (κ1) is 54.3. The zero-order valence-electron chi connectivity index (χ0n) is 49.2. The molecule has 80 heavy (non-hydrogen) atoms. The average Bonchev–Trinajstić information content (AvgIpc) is 3.55. The fraction of sp³-hybridized carbons (Fsp3) is 0.208. The van der Waals surface area contributed by atoms with E-state index in [9.17, 15) is 0 Å². The van der Waals surface area contributed by atoms with E-state index in [0.29, 0.717) is 17.8 Å². The van der Waals surface area contributed by atoms with Gasteiger partial charge in [-0.1, -0.05) is 198 Å². The number of aryl methyl sites for hydroxylation is 1. The Morgan fingerprint density at radius 1 is 0.350 bits per heavy atom. The maximum Gasteiger partial charge on any atom is 0.139 e. The van der Waals surface area contributed by atoms with Gasteiger partial charge >= 0.3 is 0 Å². The smallest absolute Gasteiger partial charge is 0.139 e. The molecule has 2 atom stereocenters. The van der Waals surface area contributed by atoms with E-state index in [4.69, 9.17) is 15.0 Å². The van der Waals surface area contributed by atoms with Crippen molar-refractivity contribution in [1.29, 1.82) is 0 Å². The maximum absolute atomic E-state index is 5.13. The van der Waals surface area contributed by atoms with Gasteiger partial charge in [0.15, 0.2) is 0 Å². The van der Waals surface area contributed by atoms with Crippen molar-refractivity contribution in [1.82, 2.24) is 15.0 Å². The van der Waals surface area contributed by atoms with E-state index >= 15 is 0 Å². The van der Waals surface area contributed by atoms with Crippen LogP contribution in [-0.4, -0.2) is 54.2 Å². The Hall–Kier alpha value is -7.69. The van der Waals surface area contributed by atoms with Crippen molar-refractivity contribution in [2.24, 2.45) is 0 Å². The molecule has 11 rings (SSSR count). The summed E-state index contributed by atoms with van der Waals surface area (Å²) in [5, 5.41) is 0. The SMILES string of the molecule is Bc1c(B)c(B)c(-c2cnc(-c3ccc(-c4ccccc4C4CC(c5ccccc5-c5ccc(-c6cc(C(C)(C)C)ccn6)cc5)CC(c5ccccc5-c5ccc(-c6cc(C(C)(C)C)ccn6)cc5)C4)cc3)cc2C)c(B)c1B. The van der Waals surface area contributed by atoms with Crippen molar-refractivity contribution in [2.45, 2.75) is 96.3 Å². The second-order valence-corrected chi connectivity index (χ2v) is 25.0. The number of aromatic nitrogens is 3. The summed E-state index contributed by atoms with van der Waals surface area (Å²) in [6.07, 6.45) is 9.16. The third-order valence-corrected chi connectivity index (χ3v) is 18.0. The number of rotatable bonds is 10. The molecule has 7 aromatic carbocycles. The van der Waals surface area contributed by atoms with Gasteiger partial charge in [0.1, 0.15) is 39.2 Å². The van der Waals surface area contributed by atoms with Gasteiger partial charge in [-0.3, -0.25) is 15.0 Å². The van der Waals surface area contributed by atoms with E-state index in [1.54, 1.807) is 0 Å². The van der Waals surface area contributed by atoms with Gasteiger partial charge in [0.2, 0.25) is 0 Å². The van der Waals surface area contributed by atoms with E-state index in [1.807, 2.05) is 12.4 Å².